The fraction of sp³-hybridized carbons (Fsp3) is 0.500. The number of nitrogens with zero attached hydrogens (tertiary/aromatic N) is 5. The summed E-state index contributed by atoms with van der Waals surface area (Å²) < 4.78 is 1.94. The van der Waals surface area contributed by atoms with Gasteiger partial charge in [0, 0.05) is 32.1 Å². The number of thioether (sulfide) groups is 1. The number of benzene rings is 1. The van der Waals surface area contributed by atoms with Crippen molar-refractivity contribution >= 4 is 23.6 Å². The zero-order valence-electron chi connectivity index (χ0n) is 16.7. The van der Waals surface area contributed by atoms with Crippen LogP contribution in [0.5, 0.6) is 0 Å². The number of aryl methyl sites for hydroxylation is 1. The molecule has 0 unspecified atom stereocenters. The molecule has 1 fully saturated rings. The second kappa shape index (κ2) is 9.23. The highest BCUT2D eigenvalue weighted by Gasteiger charge is 2.25. The fourth-order valence-electron chi connectivity index (χ4n) is 3.29. The highest BCUT2D eigenvalue weighted by atomic mass is 32.2. The van der Waals surface area contributed by atoms with Crippen molar-refractivity contribution in [3.8, 4) is 5.69 Å². The summed E-state index contributed by atoms with van der Waals surface area (Å²) in [6.07, 6.45) is 2.61. The Labute approximate surface area is 170 Å². The van der Waals surface area contributed by atoms with Crippen LogP contribution in [0.15, 0.2) is 35.7 Å². The maximum absolute atomic E-state index is 12.6. The van der Waals surface area contributed by atoms with E-state index in [9.17, 15) is 9.59 Å². The molecule has 0 radical (unpaired) electrons. The van der Waals surface area contributed by atoms with E-state index in [1.54, 1.807) is 6.33 Å². The molecule has 0 saturated carbocycles. The van der Waals surface area contributed by atoms with Crippen molar-refractivity contribution in [3.63, 3.8) is 0 Å². The Kier molecular flexibility index (Phi) is 6.72. The molecular weight excluding hydrogens is 374 g/mol. The molecule has 0 aliphatic carbocycles. The number of rotatable bonds is 6. The van der Waals surface area contributed by atoms with E-state index in [4.69, 9.17) is 0 Å². The zero-order chi connectivity index (χ0) is 20.1. The van der Waals surface area contributed by atoms with Gasteiger partial charge in [-0.1, -0.05) is 50.7 Å². The molecule has 3 rings (SSSR count). The lowest BCUT2D eigenvalue weighted by atomic mass is 10.1. The molecule has 1 aliphatic rings. The number of para-hydroxylation sites is 1. The van der Waals surface area contributed by atoms with Crippen LogP contribution in [0.25, 0.3) is 5.69 Å². The third-order valence-electron chi connectivity index (χ3n) is 4.91. The van der Waals surface area contributed by atoms with Gasteiger partial charge in [-0.25, -0.2) is 0 Å². The van der Waals surface area contributed by atoms with E-state index >= 15 is 0 Å². The van der Waals surface area contributed by atoms with E-state index in [-0.39, 0.29) is 17.7 Å². The average Bonchev–Trinajstić information content (AvgIpc) is 3.19. The van der Waals surface area contributed by atoms with Crippen LogP contribution in [-0.2, 0) is 16.0 Å². The molecule has 1 saturated heterocycles. The number of hydrogen-bond acceptors (Lipinski definition) is 5. The fourth-order valence-corrected chi connectivity index (χ4v) is 4.12. The van der Waals surface area contributed by atoms with Crippen molar-refractivity contribution in [2.75, 3.05) is 31.9 Å². The molecular formula is C20H27N5O2S. The van der Waals surface area contributed by atoms with Crippen molar-refractivity contribution in [1.82, 2.24) is 24.6 Å². The Morgan fingerprint density at radius 1 is 1.11 bits per heavy atom. The van der Waals surface area contributed by atoms with Gasteiger partial charge in [0.1, 0.15) is 6.33 Å². The Morgan fingerprint density at radius 3 is 2.46 bits per heavy atom. The Morgan fingerprint density at radius 2 is 1.79 bits per heavy atom. The summed E-state index contributed by atoms with van der Waals surface area (Å²) in [5, 5.41) is 8.94. The Bertz CT molecular complexity index is 828. The molecule has 1 aromatic heterocycles. The van der Waals surface area contributed by atoms with E-state index in [0.717, 1.165) is 12.1 Å². The lowest BCUT2D eigenvalue weighted by Gasteiger charge is -2.35. The molecule has 150 valence electrons. The smallest absolute Gasteiger partial charge is 0.233 e. The largest absolute Gasteiger partial charge is 0.339 e. The van der Waals surface area contributed by atoms with Gasteiger partial charge in [0.25, 0.3) is 0 Å². The van der Waals surface area contributed by atoms with Crippen LogP contribution < -0.4 is 0 Å². The highest BCUT2D eigenvalue weighted by Crippen LogP contribution is 2.23. The summed E-state index contributed by atoms with van der Waals surface area (Å²) in [7, 11) is 0. The van der Waals surface area contributed by atoms with Gasteiger partial charge in [-0.15, -0.1) is 10.2 Å². The number of hydrogen-bond donors (Lipinski definition) is 0. The molecule has 0 N–H and O–H groups in total. The summed E-state index contributed by atoms with van der Waals surface area (Å²) in [6, 6.07) is 8.14. The SMILES string of the molecule is CCc1ccccc1-n1cnnc1SCC(=O)N1CCN(C(=O)C(C)C)CC1. The molecule has 0 atom stereocenters. The predicted octanol–water partition coefficient (Wildman–Crippen LogP) is 2.25. The van der Waals surface area contributed by atoms with Gasteiger partial charge in [-0.05, 0) is 18.1 Å². The van der Waals surface area contributed by atoms with E-state index in [1.807, 2.05) is 46.4 Å². The molecule has 2 heterocycles. The summed E-state index contributed by atoms with van der Waals surface area (Å²) in [4.78, 5) is 28.4. The van der Waals surface area contributed by atoms with Gasteiger partial charge in [0.2, 0.25) is 11.8 Å². The van der Waals surface area contributed by atoms with Crippen LogP contribution in [0.3, 0.4) is 0 Å². The van der Waals surface area contributed by atoms with Crippen LogP contribution in [0.4, 0.5) is 0 Å². The maximum Gasteiger partial charge on any atom is 0.233 e. The molecule has 0 bridgehead atoms. The standard InChI is InChI=1S/C20H27N5O2S/c1-4-16-7-5-6-8-17(16)25-14-21-22-20(25)28-13-18(26)23-9-11-24(12-10-23)19(27)15(2)3/h5-8,14-15H,4,9-13H2,1-3H3. The number of piperazine rings is 1. The van der Waals surface area contributed by atoms with Gasteiger partial charge >= 0.3 is 0 Å². The average molecular weight is 402 g/mol. The predicted molar refractivity (Wildman–Crippen MR) is 109 cm³/mol. The van der Waals surface area contributed by atoms with Gasteiger partial charge in [-0.3, -0.25) is 14.2 Å². The van der Waals surface area contributed by atoms with Crippen molar-refractivity contribution in [1.29, 1.82) is 0 Å². The topological polar surface area (TPSA) is 71.3 Å². The van der Waals surface area contributed by atoms with Gasteiger partial charge in [0.05, 0.1) is 11.4 Å². The van der Waals surface area contributed by atoms with Gasteiger partial charge < -0.3 is 9.80 Å². The second-order valence-electron chi connectivity index (χ2n) is 7.12. The number of aromatic nitrogens is 3. The number of carbonyl (C=O) groups is 2. The van der Waals surface area contributed by atoms with Gasteiger partial charge in [0.15, 0.2) is 5.16 Å². The zero-order valence-corrected chi connectivity index (χ0v) is 17.5. The van der Waals surface area contributed by atoms with Crippen LogP contribution in [0.1, 0.15) is 26.3 Å². The van der Waals surface area contributed by atoms with E-state index in [0.29, 0.717) is 37.1 Å². The van der Waals surface area contributed by atoms with E-state index < -0.39 is 0 Å². The van der Waals surface area contributed by atoms with Crippen LogP contribution in [0.2, 0.25) is 0 Å². The minimum atomic E-state index is -0.00448. The minimum absolute atomic E-state index is 0.00448. The van der Waals surface area contributed by atoms with Crippen molar-refractivity contribution in [3.05, 3.63) is 36.2 Å². The normalized spacial score (nSPS) is 14.6. The quantitative estimate of drug-likeness (QED) is 0.695. The Hall–Kier alpha value is -2.35. The molecule has 7 nitrogen and oxygen atoms in total. The first-order valence-electron chi connectivity index (χ1n) is 9.69. The summed E-state index contributed by atoms with van der Waals surface area (Å²) >= 11 is 1.40. The molecule has 8 heteroatoms. The second-order valence-corrected chi connectivity index (χ2v) is 8.06. The summed E-state index contributed by atoms with van der Waals surface area (Å²) in [5.41, 5.74) is 2.26. The van der Waals surface area contributed by atoms with Crippen molar-refractivity contribution < 1.29 is 9.59 Å². The highest BCUT2D eigenvalue weighted by molar-refractivity contribution is 7.99. The minimum Gasteiger partial charge on any atom is -0.339 e. The lowest BCUT2D eigenvalue weighted by molar-refractivity contribution is -0.140. The first-order valence-corrected chi connectivity index (χ1v) is 10.7. The molecule has 0 spiro atoms. The van der Waals surface area contributed by atoms with E-state index in [2.05, 4.69) is 23.2 Å². The first kappa shape index (κ1) is 20.4. The number of carbonyl (C=O) groups excluding carboxylic acids is 2. The third kappa shape index (κ3) is 4.55. The number of amides is 2. The van der Waals surface area contributed by atoms with Crippen LogP contribution in [0, 0.1) is 5.92 Å². The van der Waals surface area contributed by atoms with Crippen LogP contribution in [-0.4, -0.2) is 68.3 Å². The van der Waals surface area contributed by atoms with E-state index in [1.165, 1.54) is 17.3 Å². The maximum atomic E-state index is 12.6. The molecule has 28 heavy (non-hydrogen) atoms. The van der Waals surface area contributed by atoms with Gasteiger partial charge in [-0.2, -0.15) is 0 Å². The first-order chi connectivity index (χ1) is 13.5. The van der Waals surface area contributed by atoms with Crippen LogP contribution >= 0.6 is 11.8 Å². The lowest BCUT2D eigenvalue weighted by Crippen LogP contribution is -2.51. The molecule has 1 aromatic carbocycles. The monoisotopic (exact) mass is 401 g/mol. The van der Waals surface area contributed by atoms with Crippen molar-refractivity contribution in [2.24, 2.45) is 5.92 Å². The summed E-state index contributed by atoms with van der Waals surface area (Å²) in [5.74, 6) is 0.532. The Balaban J connectivity index is 1.58. The summed E-state index contributed by atoms with van der Waals surface area (Å²) in [6.45, 7) is 8.31. The molecule has 2 amide bonds. The van der Waals surface area contributed by atoms with Crippen molar-refractivity contribution in [2.45, 2.75) is 32.3 Å². The molecule has 2 aromatic rings. The third-order valence-corrected chi connectivity index (χ3v) is 5.84. The molecule has 1 aliphatic heterocycles.